The van der Waals surface area contributed by atoms with Gasteiger partial charge in [-0.1, -0.05) is 25.5 Å². The van der Waals surface area contributed by atoms with Gasteiger partial charge in [-0.2, -0.15) is 0 Å². The fourth-order valence-corrected chi connectivity index (χ4v) is 1.57. The molecule has 15 heavy (non-hydrogen) atoms. The molecule has 0 heterocycles. The third kappa shape index (κ3) is 4.93. The monoisotopic (exact) mass is 209 g/mol. The average Bonchev–Trinajstić information content (AvgIpc) is 2.22. The Morgan fingerprint density at radius 1 is 1.27 bits per heavy atom. The van der Waals surface area contributed by atoms with Crippen LogP contribution in [-0.2, 0) is 6.42 Å². The number of hydrogen-bond acceptors (Lipinski definition) is 1. The van der Waals surface area contributed by atoms with Crippen molar-refractivity contribution in [2.24, 2.45) is 0 Å². The van der Waals surface area contributed by atoms with E-state index in [1.807, 2.05) is 12.1 Å². The van der Waals surface area contributed by atoms with E-state index in [0.29, 0.717) is 6.04 Å². The lowest BCUT2D eigenvalue weighted by Crippen LogP contribution is -2.28. The standard InChI is InChI=1S/C13H20FN/c1-3-4-9-15-11(2)10-12-5-7-13(14)8-6-12/h5-8,11,15H,3-4,9-10H2,1-2H3. The van der Waals surface area contributed by atoms with E-state index in [1.54, 1.807) is 0 Å². The maximum atomic E-state index is 12.7. The number of benzene rings is 1. The van der Waals surface area contributed by atoms with Crippen LogP contribution < -0.4 is 5.32 Å². The van der Waals surface area contributed by atoms with Crippen molar-refractivity contribution in [3.63, 3.8) is 0 Å². The second-order valence-corrected chi connectivity index (χ2v) is 4.04. The summed E-state index contributed by atoms with van der Waals surface area (Å²) >= 11 is 0. The molecule has 0 amide bonds. The molecule has 2 heteroatoms. The molecule has 1 atom stereocenters. The highest BCUT2D eigenvalue weighted by Crippen LogP contribution is 2.05. The molecule has 0 fully saturated rings. The van der Waals surface area contributed by atoms with E-state index in [9.17, 15) is 4.39 Å². The minimum atomic E-state index is -0.162. The number of hydrogen-bond donors (Lipinski definition) is 1. The molecule has 1 N–H and O–H groups in total. The molecule has 0 aliphatic heterocycles. The van der Waals surface area contributed by atoms with Crippen molar-refractivity contribution < 1.29 is 4.39 Å². The Kier molecular flexibility index (Phi) is 5.33. The molecule has 1 nitrogen and oxygen atoms in total. The van der Waals surface area contributed by atoms with Gasteiger partial charge >= 0.3 is 0 Å². The van der Waals surface area contributed by atoms with Crippen LogP contribution in [0.5, 0.6) is 0 Å². The minimum absolute atomic E-state index is 0.162. The smallest absolute Gasteiger partial charge is 0.123 e. The normalized spacial score (nSPS) is 12.7. The predicted molar refractivity (Wildman–Crippen MR) is 62.5 cm³/mol. The summed E-state index contributed by atoms with van der Waals surface area (Å²) in [5, 5.41) is 3.45. The van der Waals surface area contributed by atoms with Gasteiger partial charge in [-0.05, 0) is 44.0 Å². The largest absolute Gasteiger partial charge is 0.314 e. The van der Waals surface area contributed by atoms with Gasteiger partial charge in [0.05, 0.1) is 0 Å². The topological polar surface area (TPSA) is 12.0 Å². The molecule has 0 spiro atoms. The van der Waals surface area contributed by atoms with Gasteiger partial charge in [0.25, 0.3) is 0 Å². The molecule has 1 unspecified atom stereocenters. The Balaban J connectivity index is 2.31. The molecular formula is C13H20FN. The number of halogens is 1. The van der Waals surface area contributed by atoms with Crippen molar-refractivity contribution in [2.75, 3.05) is 6.54 Å². The molecule has 84 valence electrons. The fourth-order valence-electron chi connectivity index (χ4n) is 1.57. The molecule has 0 saturated carbocycles. The van der Waals surface area contributed by atoms with Crippen LogP contribution in [0.3, 0.4) is 0 Å². The van der Waals surface area contributed by atoms with Gasteiger partial charge in [-0.25, -0.2) is 4.39 Å². The van der Waals surface area contributed by atoms with Gasteiger partial charge in [-0.3, -0.25) is 0 Å². The summed E-state index contributed by atoms with van der Waals surface area (Å²) in [7, 11) is 0. The maximum Gasteiger partial charge on any atom is 0.123 e. The van der Waals surface area contributed by atoms with Gasteiger partial charge in [0, 0.05) is 6.04 Å². The first-order chi connectivity index (χ1) is 7.22. The Morgan fingerprint density at radius 3 is 2.53 bits per heavy atom. The fraction of sp³-hybridized carbons (Fsp3) is 0.538. The quantitative estimate of drug-likeness (QED) is 0.710. The molecule has 0 radical (unpaired) electrons. The highest BCUT2D eigenvalue weighted by atomic mass is 19.1. The van der Waals surface area contributed by atoms with Crippen LogP contribution in [0.2, 0.25) is 0 Å². The highest BCUT2D eigenvalue weighted by Gasteiger charge is 2.02. The SMILES string of the molecule is CCCCNC(C)Cc1ccc(F)cc1. The number of nitrogens with one attached hydrogen (secondary N) is 1. The molecule has 1 aromatic carbocycles. The van der Waals surface area contributed by atoms with Crippen LogP contribution in [0.15, 0.2) is 24.3 Å². The average molecular weight is 209 g/mol. The molecule has 0 saturated heterocycles. The zero-order valence-corrected chi connectivity index (χ0v) is 9.59. The summed E-state index contributed by atoms with van der Waals surface area (Å²) in [4.78, 5) is 0. The summed E-state index contributed by atoms with van der Waals surface area (Å²) in [6.07, 6.45) is 3.40. The van der Waals surface area contributed by atoms with Crippen molar-refractivity contribution in [1.29, 1.82) is 0 Å². The van der Waals surface area contributed by atoms with Crippen molar-refractivity contribution in [3.05, 3.63) is 35.6 Å². The van der Waals surface area contributed by atoms with Crippen molar-refractivity contribution >= 4 is 0 Å². The van der Waals surface area contributed by atoms with Gasteiger partial charge < -0.3 is 5.32 Å². The molecule has 0 aliphatic rings. The zero-order chi connectivity index (χ0) is 11.1. The van der Waals surface area contributed by atoms with E-state index < -0.39 is 0 Å². The van der Waals surface area contributed by atoms with E-state index in [4.69, 9.17) is 0 Å². The van der Waals surface area contributed by atoms with E-state index in [2.05, 4.69) is 19.2 Å². The minimum Gasteiger partial charge on any atom is -0.314 e. The third-order valence-corrected chi connectivity index (χ3v) is 2.48. The molecule has 1 rings (SSSR count). The number of rotatable bonds is 6. The zero-order valence-electron chi connectivity index (χ0n) is 9.59. The molecular weight excluding hydrogens is 189 g/mol. The van der Waals surface area contributed by atoms with Gasteiger partial charge in [0.2, 0.25) is 0 Å². The Labute approximate surface area is 91.7 Å². The van der Waals surface area contributed by atoms with E-state index >= 15 is 0 Å². The van der Waals surface area contributed by atoms with E-state index in [-0.39, 0.29) is 5.82 Å². The summed E-state index contributed by atoms with van der Waals surface area (Å²) in [6, 6.07) is 7.21. The summed E-state index contributed by atoms with van der Waals surface area (Å²) < 4.78 is 12.7. The van der Waals surface area contributed by atoms with Gasteiger partial charge in [-0.15, -0.1) is 0 Å². The van der Waals surface area contributed by atoms with Gasteiger partial charge in [0.15, 0.2) is 0 Å². The lowest BCUT2D eigenvalue weighted by atomic mass is 10.1. The summed E-state index contributed by atoms with van der Waals surface area (Å²) in [5.41, 5.74) is 1.19. The van der Waals surface area contributed by atoms with Crippen LogP contribution >= 0.6 is 0 Å². The molecule has 1 aromatic rings. The second-order valence-electron chi connectivity index (χ2n) is 4.04. The van der Waals surface area contributed by atoms with E-state index in [1.165, 1.54) is 30.5 Å². The van der Waals surface area contributed by atoms with E-state index in [0.717, 1.165) is 13.0 Å². The van der Waals surface area contributed by atoms with Crippen molar-refractivity contribution in [1.82, 2.24) is 5.32 Å². The first-order valence-electron chi connectivity index (χ1n) is 5.70. The highest BCUT2D eigenvalue weighted by molar-refractivity contribution is 5.16. The third-order valence-electron chi connectivity index (χ3n) is 2.48. The molecule has 0 aromatic heterocycles. The lowest BCUT2D eigenvalue weighted by Gasteiger charge is -2.13. The van der Waals surface area contributed by atoms with Crippen LogP contribution in [0.4, 0.5) is 4.39 Å². The molecule has 0 bridgehead atoms. The number of unbranched alkanes of at least 4 members (excludes halogenated alkanes) is 1. The lowest BCUT2D eigenvalue weighted by molar-refractivity contribution is 0.530. The first-order valence-corrected chi connectivity index (χ1v) is 5.70. The van der Waals surface area contributed by atoms with Gasteiger partial charge in [0.1, 0.15) is 5.82 Å². The second kappa shape index (κ2) is 6.57. The first kappa shape index (κ1) is 12.2. The predicted octanol–water partition coefficient (Wildman–Crippen LogP) is 3.15. The van der Waals surface area contributed by atoms with Crippen LogP contribution in [0, 0.1) is 5.82 Å². The van der Waals surface area contributed by atoms with Crippen molar-refractivity contribution in [3.8, 4) is 0 Å². The van der Waals surface area contributed by atoms with Crippen LogP contribution in [-0.4, -0.2) is 12.6 Å². The van der Waals surface area contributed by atoms with Crippen molar-refractivity contribution in [2.45, 2.75) is 39.2 Å². The van der Waals surface area contributed by atoms with Crippen LogP contribution in [0.1, 0.15) is 32.3 Å². The Bertz CT molecular complexity index is 268. The summed E-state index contributed by atoms with van der Waals surface area (Å²) in [5.74, 6) is -0.162. The maximum absolute atomic E-state index is 12.7. The Morgan fingerprint density at radius 2 is 1.93 bits per heavy atom. The Hall–Kier alpha value is -0.890. The molecule has 0 aliphatic carbocycles. The summed E-state index contributed by atoms with van der Waals surface area (Å²) in [6.45, 7) is 5.42. The van der Waals surface area contributed by atoms with Crippen LogP contribution in [0.25, 0.3) is 0 Å².